The topological polar surface area (TPSA) is 71.1 Å². The molecule has 0 bridgehead atoms. The summed E-state index contributed by atoms with van der Waals surface area (Å²) in [6, 6.07) is 11.3. The van der Waals surface area contributed by atoms with Gasteiger partial charge in [0, 0.05) is 16.5 Å². The van der Waals surface area contributed by atoms with E-state index in [1.807, 2.05) is 36.4 Å². The Morgan fingerprint density at radius 3 is 2.00 bits per heavy atom. The Bertz CT molecular complexity index is 946. The molecule has 0 saturated carbocycles. The molecule has 160 valence electrons. The quantitative estimate of drug-likeness (QED) is 0.419. The first-order valence-electron chi connectivity index (χ1n) is 9.68. The number of carbonyl (C=O) groups is 2. The summed E-state index contributed by atoms with van der Waals surface area (Å²) in [6.45, 7) is 14.3. The molecule has 0 heterocycles. The van der Waals surface area contributed by atoms with E-state index in [2.05, 4.69) is 13.2 Å². The van der Waals surface area contributed by atoms with Crippen molar-refractivity contribution < 1.29 is 28.5 Å². The molecule has 30 heavy (non-hydrogen) atoms. The van der Waals surface area contributed by atoms with Gasteiger partial charge in [-0.3, -0.25) is 0 Å². The van der Waals surface area contributed by atoms with Gasteiger partial charge in [-0.1, -0.05) is 25.3 Å². The van der Waals surface area contributed by atoms with Crippen LogP contribution in [-0.2, 0) is 19.1 Å². The molecule has 0 aromatic heterocycles. The van der Waals surface area contributed by atoms with Crippen LogP contribution in [0, 0.1) is 0 Å². The minimum atomic E-state index is -0.436. The van der Waals surface area contributed by atoms with Gasteiger partial charge in [-0.05, 0) is 57.3 Å². The van der Waals surface area contributed by atoms with Crippen LogP contribution in [0.15, 0.2) is 60.7 Å². The fraction of sp³-hybridized carbons (Fsp3) is 0.333. The summed E-state index contributed by atoms with van der Waals surface area (Å²) in [5.74, 6) is 0.464. The number of carbonyl (C=O) groups excluding carboxylic acids is 2. The molecule has 0 saturated heterocycles. The number of benzene rings is 2. The Morgan fingerprint density at radius 2 is 1.43 bits per heavy atom. The SMILES string of the molecule is C=C(C)C(=O)OC(C)COc1ccc2c(OCC(C)OC(=O)C(=C)C)cccc2c1. The van der Waals surface area contributed by atoms with Gasteiger partial charge >= 0.3 is 11.9 Å². The lowest BCUT2D eigenvalue weighted by molar-refractivity contribution is -0.145. The second-order valence-electron chi connectivity index (χ2n) is 7.25. The molecule has 0 aliphatic rings. The fourth-order valence-corrected chi connectivity index (χ4v) is 2.50. The molecule has 0 fully saturated rings. The molecular formula is C24H28O6. The van der Waals surface area contributed by atoms with Gasteiger partial charge in [-0.2, -0.15) is 0 Å². The van der Waals surface area contributed by atoms with Gasteiger partial charge in [-0.25, -0.2) is 9.59 Å². The zero-order valence-corrected chi connectivity index (χ0v) is 17.9. The lowest BCUT2D eigenvalue weighted by atomic mass is 10.1. The number of ether oxygens (including phenoxy) is 4. The van der Waals surface area contributed by atoms with Gasteiger partial charge in [0.1, 0.15) is 36.9 Å². The normalized spacial score (nSPS) is 12.5. The Hall–Kier alpha value is -3.28. The van der Waals surface area contributed by atoms with Crippen LogP contribution >= 0.6 is 0 Å². The number of hydrogen-bond donors (Lipinski definition) is 0. The predicted octanol–water partition coefficient (Wildman–Crippen LogP) is 4.61. The van der Waals surface area contributed by atoms with Crippen molar-refractivity contribution in [3.63, 3.8) is 0 Å². The van der Waals surface area contributed by atoms with Crippen molar-refractivity contribution in [1.82, 2.24) is 0 Å². The van der Waals surface area contributed by atoms with Gasteiger partial charge in [0.25, 0.3) is 0 Å². The lowest BCUT2D eigenvalue weighted by Crippen LogP contribution is -2.22. The van der Waals surface area contributed by atoms with Crippen molar-refractivity contribution in [2.45, 2.75) is 39.9 Å². The third-order valence-corrected chi connectivity index (χ3v) is 4.08. The zero-order valence-electron chi connectivity index (χ0n) is 17.9. The number of fused-ring (bicyclic) bond motifs is 1. The Labute approximate surface area is 177 Å². The minimum absolute atomic E-state index is 0.224. The average Bonchev–Trinajstić information content (AvgIpc) is 2.70. The molecule has 0 radical (unpaired) electrons. The molecule has 2 rings (SSSR count). The molecule has 0 N–H and O–H groups in total. The van der Waals surface area contributed by atoms with Crippen LogP contribution in [0.25, 0.3) is 10.8 Å². The van der Waals surface area contributed by atoms with E-state index < -0.39 is 24.1 Å². The largest absolute Gasteiger partial charge is 0.490 e. The molecule has 0 spiro atoms. The summed E-state index contributed by atoms with van der Waals surface area (Å²) in [4.78, 5) is 23.1. The van der Waals surface area contributed by atoms with E-state index in [1.54, 1.807) is 27.7 Å². The van der Waals surface area contributed by atoms with Gasteiger partial charge in [0.15, 0.2) is 0 Å². The van der Waals surface area contributed by atoms with Crippen LogP contribution in [-0.4, -0.2) is 37.4 Å². The number of esters is 2. The molecule has 0 amide bonds. The molecule has 6 nitrogen and oxygen atoms in total. The third kappa shape index (κ3) is 6.65. The summed E-state index contributed by atoms with van der Waals surface area (Å²) in [5.41, 5.74) is 0.701. The monoisotopic (exact) mass is 412 g/mol. The van der Waals surface area contributed by atoms with Crippen molar-refractivity contribution in [3.05, 3.63) is 60.7 Å². The summed E-state index contributed by atoms with van der Waals surface area (Å²) >= 11 is 0. The van der Waals surface area contributed by atoms with E-state index in [4.69, 9.17) is 18.9 Å². The Kier molecular flexibility index (Phi) is 8.04. The highest BCUT2D eigenvalue weighted by molar-refractivity contribution is 5.89. The van der Waals surface area contributed by atoms with Gasteiger partial charge in [-0.15, -0.1) is 0 Å². The highest BCUT2D eigenvalue weighted by Crippen LogP contribution is 2.29. The van der Waals surface area contributed by atoms with Crippen LogP contribution in [0.1, 0.15) is 27.7 Å². The van der Waals surface area contributed by atoms with E-state index in [-0.39, 0.29) is 13.2 Å². The Balaban J connectivity index is 1.99. The van der Waals surface area contributed by atoms with Gasteiger partial charge in [0.2, 0.25) is 0 Å². The molecule has 2 aromatic carbocycles. The van der Waals surface area contributed by atoms with Crippen molar-refractivity contribution in [3.8, 4) is 11.5 Å². The smallest absolute Gasteiger partial charge is 0.333 e. The van der Waals surface area contributed by atoms with Gasteiger partial charge < -0.3 is 18.9 Å². The zero-order chi connectivity index (χ0) is 22.3. The van der Waals surface area contributed by atoms with Crippen molar-refractivity contribution in [2.75, 3.05) is 13.2 Å². The van der Waals surface area contributed by atoms with Crippen LogP contribution in [0.2, 0.25) is 0 Å². The predicted molar refractivity (Wildman–Crippen MR) is 116 cm³/mol. The maximum Gasteiger partial charge on any atom is 0.333 e. The first-order chi connectivity index (χ1) is 14.2. The lowest BCUT2D eigenvalue weighted by Gasteiger charge is -2.16. The maximum absolute atomic E-state index is 11.6. The third-order valence-electron chi connectivity index (χ3n) is 4.08. The first-order valence-corrected chi connectivity index (χ1v) is 9.68. The van der Waals surface area contributed by atoms with E-state index in [1.165, 1.54) is 0 Å². The highest BCUT2D eigenvalue weighted by atomic mass is 16.6. The standard InChI is InChI=1S/C24H28O6/c1-15(2)23(25)29-17(5)13-27-20-10-11-21-19(12-20)8-7-9-22(21)28-14-18(6)30-24(26)16(3)4/h7-12,17-18H,1,3,13-14H2,2,4-6H3. The van der Waals surface area contributed by atoms with E-state index in [9.17, 15) is 9.59 Å². The van der Waals surface area contributed by atoms with Crippen LogP contribution in [0.5, 0.6) is 11.5 Å². The van der Waals surface area contributed by atoms with Crippen LogP contribution < -0.4 is 9.47 Å². The van der Waals surface area contributed by atoms with Crippen LogP contribution in [0.3, 0.4) is 0 Å². The molecule has 2 aromatic rings. The summed E-state index contributed by atoms with van der Waals surface area (Å²) < 4.78 is 22.0. The minimum Gasteiger partial charge on any atom is -0.490 e. The second kappa shape index (κ2) is 10.5. The van der Waals surface area contributed by atoms with Crippen LogP contribution in [0.4, 0.5) is 0 Å². The fourth-order valence-electron chi connectivity index (χ4n) is 2.50. The molecule has 6 heteroatoms. The van der Waals surface area contributed by atoms with Crippen molar-refractivity contribution >= 4 is 22.7 Å². The Morgan fingerprint density at radius 1 is 0.867 bits per heavy atom. The molecular weight excluding hydrogens is 384 g/mol. The summed E-state index contributed by atoms with van der Waals surface area (Å²) in [6.07, 6.45) is -0.807. The molecule has 2 atom stereocenters. The molecule has 0 aliphatic carbocycles. The summed E-state index contributed by atoms with van der Waals surface area (Å²) in [5, 5.41) is 1.84. The highest BCUT2D eigenvalue weighted by Gasteiger charge is 2.13. The van der Waals surface area contributed by atoms with Gasteiger partial charge in [0.05, 0.1) is 0 Å². The average molecular weight is 412 g/mol. The first kappa shape index (κ1) is 23.0. The number of hydrogen-bond acceptors (Lipinski definition) is 6. The van der Waals surface area contributed by atoms with Crippen molar-refractivity contribution in [1.29, 1.82) is 0 Å². The second-order valence-corrected chi connectivity index (χ2v) is 7.25. The van der Waals surface area contributed by atoms with E-state index in [0.717, 1.165) is 10.8 Å². The maximum atomic E-state index is 11.6. The summed E-state index contributed by atoms with van der Waals surface area (Å²) in [7, 11) is 0. The van der Waals surface area contributed by atoms with Crippen molar-refractivity contribution in [2.24, 2.45) is 0 Å². The van der Waals surface area contributed by atoms with E-state index in [0.29, 0.717) is 22.6 Å². The number of rotatable bonds is 10. The molecule has 0 aliphatic heterocycles. The van der Waals surface area contributed by atoms with E-state index >= 15 is 0 Å². The molecule has 2 unspecified atom stereocenters.